The summed E-state index contributed by atoms with van der Waals surface area (Å²) >= 11 is 4.04. The van der Waals surface area contributed by atoms with Gasteiger partial charge in [0.1, 0.15) is 6.61 Å². The number of rotatable bonds is 8. The standard InChI is InChI=1S/C10H18N2O2S/c1-2-3-12-9-10(8-11-12)14-5-4-13-6-7-15/h8-9,15H,2-7H2,1H3. The summed E-state index contributed by atoms with van der Waals surface area (Å²) in [6.07, 6.45) is 4.71. The normalized spacial score (nSPS) is 10.5. The van der Waals surface area contributed by atoms with E-state index in [0.29, 0.717) is 19.8 Å². The van der Waals surface area contributed by atoms with Crippen molar-refractivity contribution in [3.63, 3.8) is 0 Å². The molecule has 1 heterocycles. The monoisotopic (exact) mass is 230 g/mol. The van der Waals surface area contributed by atoms with E-state index in [1.807, 2.05) is 10.9 Å². The van der Waals surface area contributed by atoms with Crippen molar-refractivity contribution < 1.29 is 9.47 Å². The molecule has 0 N–H and O–H groups in total. The van der Waals surface area contributed by atoms with Gasteiger partial charge in [-0.15, -0.1) is 0 Å². The highest BCUT2D eigenvalue weighted by Gasteiger charge is 1.98. The van der Waals surface area contributed by atoms with E-state index in [4.69, 9.17) is 9.47 Å². The van der Waals surface area contributed by atoms with Crippen LogP contribution in [-0.2, 0) is 11.3 Å². The third kappa shape index (κ3) is 5.09. The second-order valence-electron chi connectivity index (χ2n) is 3.12. The lowest BCUT2D eigenvalue weighted by atomic mass is 10.5. The Balaban J connectivity index is 2.14. The Morgan fingerprint density at radius 1 is 1.40 bits per heavy atom. The molecule has 0 atom stereocenters. The Hall–Kier alpha value is -0.680. The van der Waals surface area contributed by atoms with Crippen molar-refractivity contribution >= 4 is 12.6 Å². The first-order valence-electron chi connectivity index (χ1n) is 5.20. The largest absolute Gasteiger partial charge is 0.488 e. The molecule has 15 heavy (non-hydrogen) atoms. The summed E-state index contributed by atoms with van der Waals surface area (Å²) in [5.41, 5.74) is 0. The summed E-state index contributed by atoms with van der Waals surface area (Å²) in [6.45, 7) is 4.87. The van der Waals surface area contributed by atoms with Crippen LogP contribution in [0.3, 0.4) is 0 Å². The molecule has 0 aliphatic heterocycles. The lowest BCUT2D eigenvalue weighted by Crippen LogP contribution is -2.07. The van der Waals surface area contributed by atoms with Crippen LogP contribution in [0.1, 0.15) is 13.3 Å². The zero-order valence-electron chi connectivity index (χ0n) is 9.06. The van der Waals surface area contributed by atoms with Crippen LogP contribution in [0.5, 0.6) is 5.75 Å². The average molecular weight is 230 g/mol. The van der Waals surface area contributed by atoms with Crippen molar-refractivity contribution in [3.8, 4) is 5.75 Å². The van der Waals surface area contributed by atoms with E-state index >= 15 is 0 Å². The molecule has 0 aliphatic carbocycles. The highest BCUT2D eigenvalue weighted by atomic mass is 32.1. The van der Waals surface area contributed by atoms with E-state index in [-0.39, 0.29) is 0 Å². The van der Waals surface area contributed by atoms with Gasteiger partial charge in [0, 0.05) is 12.3 Å². The first-order valence-corrected chi connectivity index (χ1v) is 5.84. The Morgan fingerprint density at radius 3 is 3.00 bits per heavy atom. The fraction of sp³-hybridized carbons (Fsp3) is 0.700. The fourth-order valence-corrected chi connectivity index (χ4v) is 1.28. The second-order valence-corrected chi connectivity index (χ2v) is 3.57. The van der Waals surface area contributed by atoms with E-state index in [2.05, 4.69) is 24.7 Å². The zero-order valence-corrected chi connectivity index (χ0v) is 9.95. The van der Waals surface area contributed by atoms with Gasteiger partial charge >= 0.3 is 0 Å². The molecule has 0 spiro atoms. The summed E-state index contributed by atoms with van der Waals surface area (Å²) in [4.78, 5) is 0. The van der Waals surface area contributed by atoms with Crippen LogP contribution in [0.4, 0.5) is 0 Å². The molecule has 0 aromatic carbocycles. The van der Waals surface area contributed by atoms with Crippen molar-refractivity contribution in [1.82, 2.24) is 9.78 Å². The topological polar surface area (TPSA) is 36.3 Å². The number of aromatic nitrogens is 2. The Bertz CT molecular complexity index is 266. The lowest BCUT2D eigenvalue weighted by Gasteiger charge is -2.03. The highest BCUT2D eigenvalue weighted by Crippen LogP contribution is 2.08. The molecule has 86 valence electrons. The molecule has 0 fully saturated rings. The van der Waals surface area contributed by atoms with Gasteiger partial charge in [0.05, 0.1) is 25.6 Å². The number of thiol groups is 1. The summed E-state index contributed by atoms with van der Waals surface area (Å²) in [6, 6.07) is 0. The molecule has 0 unspecified atom stereocenters. The first kappa shape index (κ1) is 12.4. The predicted octanol–water partition coefficient (Wildman–Crippen LogP) is 1.62. The van der Waals surface area contributed by atoms with E-state index in [1.165, 1.54) is 0 Å². The smallest absolute Gasteiger partial charge is 0.157 e. The molecule has 0 amide bonds. The average Bonchev–Trinajstić information content (AvgIpc) is 2.66. The lowest BCUT2D eigenvalue weighted by molar-refractivity contribution is 0.112. The van der Waals surface area contributed by atoms with Crippen molar-refractivity contribution in [2.24, 2.45) is 0 Å². The molecule has 0 aliphatic rings. The van der Waals surface area contributed by atoms with E-state index < -0.39 is 0 Å². The number of aryl methyl sites for hydroxylation is 1. The van der Waals surface area contributed by atoms with Gasteiger partial charge in [-0.3, -0.25) is 4.68 Å². The molecular weight excluding hydrogens is 212 g/mol. The summed E-state index contributed by atoms with van der Waals surface area (Å²) < 4.78 is 12.6. The molecule has 4 nitrogen and oxygen atoms in total. The van der Waals surface area contributed by atoms with Crippen molar-refractivity contribution in [2.75, 3.05) is 25.6 Å². The van der Waals surface area contributed by atoms with Crippen LogP contribution in [0.2, 0.25) is 0 Å². The van der Waals surface area contributed by atoms with Gasteiger partial charge in [0.2, 0.25) is 0 Å². The number of hydrogen-bond acceptors (Lipinski definition) is 4. The molecule has 1 aromatic heterocycles. The molecule has 0 saturated carbocycles. The van der Waals surface area contributed by atoms with Crippen LogP contribution in [0, 0.1) is 0 Å². The van der Waals surface area contributed by atoms with E-state index in [9.17, 15) is 0 Å². The van der Waals surface area contributed by atoms with Gasteiger partial charge in [-0.1, -0.05) is 6.92 Å². The van der Waals surface area contributed by atoms with Crippen LogP contribution in [0.15, 0.2) is 12.4 Å². The van der Waals surface area contributed by atoms with Crippen LogP contribution >= 0.6 is 12.6 Å². The second kappa shape index (κ2) is 7.59. The third-order valence-corrected chi connectivity index (χ3v) is 1.98. The quantitative estimate of drug-likeness (QED) is 0.544. The minimum absolute atomic E-state index is 0.561. The Kier molecular flexibility index (Phi) is 6.27. The maximum Gasteiger partial charge on any atom is 0.157 e. The number of nitrogens with zero attached hydrogens (tertiary/aromatic N) is 2. The van der Waals surface area contributed by atoms with E-state index in [0.717, 1.165) is 24.5 Å². The zero-order chi connectivity index (χ0) is 10.9. The molecule has 0 saturated heterocycles. The summed E-state index contributed by atoms with van der Waals surface area (Å²) in [5, 5.41) is 4.16. The third-order valence-electron chi connectivity index (χ3n) is 1.79. The van der Waals surface area contributed by atoms with Crippen LogP contribution in [-0.4, -0.2) is 35.4 Å². The predicted molar refractivity (Wildman–Crippen MR) is 62.7 cm³/mol. The summed E-state index contributed by atoms with van der Waals surface area (Å²) in [5.74, 6) is 1.55. The number of hydrogen-bond donors (Lipinski definition) is 1. The minimum Gasteiger partial charge on any atom is -0.488 e. The van der Waals surface area contributed by atoms with E-state index in [1.54, 1.807) is 6.20 Å². The van der Waals surface area contributed by atoms with Crippen LogP contribution < -0.4 is 4.74 Å². The maximum atomic E-state index is 5.45. The molecule has 1 aromatic rings. The van der Waals surface area contributed by atoms with Crippen molar-refractivity contribution in [2.45, 2.75) is 19.9 Å². The van der Waals surface area contributed by atoms with Crippen molar-refractivity contribution in [1.29, 1.82) is 0 Å². The Morgan fingerprint density at radius 2 is 2.27 bits per heavy atom. The van der Waals surface area contributed by atoms with Gasteiger partial charge in [0.25, 0.3) is 0 Å². The van der Waals surface area contributed by atoms with Crippen LogP contribution in [0.25, 0.3) is 0 Å². The van der Waals surface area contributed by atoms with Gasteiger partial charge in [-0.25, -0.2) is 0 Å². The SMILES string of the molecule is CCCn1cc(OCCOCCS)cn1. The molecule has 5 heteroatoms. The van der Waals surface area contributed by atoms with Crippen molar-refractivity contribution in [3.05, 3.63) is 12.4 Å². The summed E-state index contributed by atoms with van der Waals surface area (Å²) in [7, 11) is 0. The Labute approximate surface area is 96.0 Å². The minimum atomic E-state index is 0.561. The van der Waals surface area contributed by atoms with Gasteiger partial charge in [0.15, 0.2) is 5.75 Å². The number of ether oxygens (including phenoxy) is 2. The molecular formula is C10H18N2O2S. The molecule has 0 radical (unpaired) electrons. The maximum absolute atomic E-state index is 5.45. The highest BCUT2D eigenvalue weighted by molar-refractivity contribution is 7.80. The van der Waals surface area contributed by atoms with Gasteiger partial charge in [-0.05, 0) is 6.42 Å². The first-order chi connectivity index (χ1) is 7.36. The molecule has 0 bridgehead atoms. The van der Waals surface area contributed by atoms with Gasteiger partial charge < -0.3 is 9.47 Å². The van der Waals surface area contributed by atoms with Gasteiger partial charge in [-0.2, -0.15) is 17.7 Å². The molecule has 1 rings (SSSR count). The fourth-order valence-electron chi connectivity index (χ4n) is 1.16.